The minimum absolute atomic E-state index is 0.208. The highest BCUT2D eigenvalue weighted by Crippen LogP contribution is 2.36. The summed E-state index contributed by atoms with van der Waals surface area (Å²) in [6.45, 7) is 0. The van der Waals surface area contributed by atoms with Gasteiger partial charge in [0, 0.05) is 22.4 Å². The van der Waals surface area contributed by atoms with E-state index in [0.29, 0.717) is 33.9 Å². The van der Waals surface area contributed by atoms with Crippen LogP contribution in [0.4, 0.5) is 5.69 Å². The third-order valence-corrected chi connectivity index (χ3v) is 3.67. The van der Waals surface area contributed by atoms with Gasteiger partial charge in [-0.05, 0) is 42.5 Å². The molecule has 1 heterocycles. The Morgan fingerprint density at radius 2 is 1.96 bits per heavy atom. The average Bonchev–Trinajstić information content (AvgIpc) is 2.89. The van der Waals surface area contributed by atoms with E-state index in [1.54, 1.807) is 56.7 Å². The van der Waals surface area contributed by atoms with E-state index in [1.807, 2.05) is 0 Å². The van der Waals surface area contributed by atoms with Crippen LogP contribution in [0.5, 0.6) is 11.5 Å². The number of nitrogens with zero attached hydrogens (tertiary/aromatic N) is 1. The van der Waals surface area contributed by atoms with Crippen LogP contribution in [0.3, 0.4) is 0 Å². The Kier molecular flexibility index (Phi) is 3.73. The van der Waals surface area contributed by atoms with E-state index in [1.165, 1.54) is 0 Å². The van der Waals surface area contributed by atoms with Crippen LogP contribution in [0, 0.1) is 11.3 Å². The van der Waals surface area contributed by atoms with E-state index < -0.39 is 0 Å². The summed E-state index contributed by atoms with van der Waals surface area (Å²) in [5.74, 6) is 1.10. The van der Waals surface area contributed by atoms with E-state index in [9.17, 15) is 4.79 Å². The zero-order valence-electron chi connectivity index (χ0n) is 12.7. The van der Waals surface area contributed by atoms with Crippen LogP contribution in [0.15, 0.2) is 36.4 Å². The molecule has 2 aromatic rings. The van der Waals surface area contributed by atoms with Gasteiger partial charge in [0.15, 0.2) is 0 Å². The molecule has 0 atom stereocenters. The molecular formula is C18H14N2O3. The SMILES string of the molecule is COc1ccc(OC)c(/C=C2\C(=O)Nc3ccc(C#N)cc32)c1. The van der Waals surface area contributed by atoms with Crippen LogP contribution >= 0.6 is 0 Å². The summed E-state index contributed by atoms with van der Waals surface area (Å²) in [6.07, 6.45) is 1.74. The molecule has 0 aliphatic carbocycles. The first-order valence-corrected chi connectivity index (χ1v) is 6.96. The van der Waals surface area contributed by atoms with E-state index in [0.717, 1.165) is 5.56 Å². The lowest BCUT2D eigenvalue weighted by molar-refractivity contribution is -0.110. The second-order valence-corrected chi connectivity index (χ2v) is 4.99. The van der Waals surface area contributed by atoms with Crippen LogP contribution < -0.4 is 14.8 Å². The predicted octanol–water partition coefficient (Wildman–Crippen LogP) is 3.07. The number of amides is 1. The van der Waals surface area contributed by atoms with Crippen molar-refractivity contribution in [2.24, 2.45) is 0 Å². The summed E-state index contributed by atoms with van der Waals surface area (Å²) >= 11 is 0. The standard InChI is InChI=1S/C18H14N2O3/c1-22-13-4-6-17(23-2)12(8-13)9-15-14-7-11(10-19)3-5-16(14)20-18(15)21/h3-9H,1-2H3,(H,20,21)/b15-9-. The van der Waals surface area contributed by atoms with Gasteiger partial charge < -0.3 is 14.8 Å². The highest BCUT2D eigenvalue weighted by Gasteiger charge is 2.24. The molecule has 2 aromatic carbocycles. The minimum atomic E-state index is -0.208. The quantitative estimate of drug-likeness (QED) is 0.885. The van der Waals surface area contributed by atoms with Crippen LogP contribution in [0.25, 0.3) is 11.6 Å². The molecule has 3 rings (SSSR count). The summed E-state index contributed by atoms with van der Waals surface area (Å²) in [4.78, 5) is 12.3. The minimum Gasteiger partial charge on any atom is -0.497 e. The molecule has 0 saturated carbocycles. The van der Waals surface area contributed by atoms with Crippen molar-refractivity contribution in [3.8, 4) is 17.6 Å². The molecule has 5 nitrogen and oxygen atoms in total. The smallest absolute Gasteiger partial charge is 0.256 e. The molecule has 1 aliphatic rings. The number of methoxy groups -OCH3 is 2. The van der Waals surface area contributed by atoms with Crippen LogP contribution in [-0.2, 0) is 4.79 Å². The highest BCUT2D eigenvalue weighted by atomic mass is 16.5. The van der Waals surface area contributed by atoms with Gasteiger partial charge in [0.05, 0.1) is 25.9 Å². The van der Waals surface area contributed by atoms with Crippen molar-refractivity contribution < 1.29 is 14.3 Å². The molecule has 0 radical (unpaired) electrons. The second kappa shape index (κ2) is 5.85. The predicted molar refractivity (Wildman–Crippen MR) is 87.2 cm³/mol. The molecule has 0 unspecified atom stereocenters. The topological polar surface area (TPSA) is 71.3 Å². The first kappa shape index (κ1) is 14.7. The maximum absolute atomic E-state index is 12.3. The molecule has 0 bridgehead atoms. The number of rotatable bonds is 3. The number of ether oxygens (including phenoxy) is 2. The number of carbonyl (C=O) groups is 1. The van der Waals surface area contributed by atoms with Gasteiger partial charge in [0.1, 0.15) is 11.5 Å². The Balaban J connectivity index is 2.14. The van der Waals surface area contributed by atoms with Gasteiger partial charge in [-0.1, -0.05) is 0 Å². The van der Waals surface area contributed by atoms with E-state index in [4.69, 9.17) is 14.7 Å². The number of nitrogens with one attached hydrogen (secondary N) is 1. The number of fused-ring (bicyclic) bond motifs is 1. The molecule has 5 heteroatoms. The zero-order chi connectivity index (χ0) is 16.4. The first-order chi connectivity index (χ1) is 11.2. The van der Waals surface area contributed by atoms with Crippen molar-refractivity contribution in [1.29, 1.82) is 5.26 Å². The number of hydrogen-bond acceptors (Lipinski definition) is 4. The molecule has 0 saturated heterocycles. The van der Waals surface area contributed by atoms with Crippen molar-refractivity contribution in [1.82, 2.24) is 0 Å². The lowest BCUT2D eigenvalue weighted by Crippen LogP contribution is -2.03. The first-order valence-electron chi connectivity index (χ1n) is 6.96. The fourth-order valence-electron chi connectivity index (χ4n) is 2.51. The van der Waals surface area contributed by atoms with Crippen LogP contribution in [0.2, 0.25) is 0 Å². The summed E-state index contributed by atoms with van der Waals surface area (Å²) in [5.41, 5.74) is 3.13. The molecule has 0 aromatic heterocycles. The van der Waals surface area contributed by atoms with Gasteiger partial charge in [-0.3, -0.25) is 4.79 Å². The van der Waals surface area contributed by atoms with Gasteiger partial charge in [-0.25, -0.2) is 0 Å². The average molecular weight is 306 g/mol. The molecule has 0 spiro atoms. The maximum atomic E-state index is 12.3. The third-order valence-electron chi connectivity index (χ3n) is 3.67. The molecular weight excluding hydrogens is 292 g/mol. The van der Waals surface area contributed by atoms with Gasteiger partial charge >= 0.3 is 0 Å². The maximum Gasteiger partial charge on any atom is 0.256 e. The molecule has 23 heavy (non-hydrogen) atoms. The van der Waals surface area contributed by atoms with Crippen LogP contribution in [0.1, 0.15) is 16.7 Å². The normalized spacial score (nSPS) is 14.1. The lowest BCUT2D eigenvalue weighted by atomic mass is 10.0. The number of benzene rings is 2. The van der Waals surface area contributed by atoms with Crippen molar-refractivity contribution in [3.63, 3.8) is 0 Å². The van der Waals surface area contributed by atoms with E-state index >= 15 is 0 Å². The Morgan fingerprint density at radius 1 is 1.13 bits per heavy atom. The van der Waals surface area contributed by atoms with Gasteiger partial charge in [0.2, 0.25) is 0 Å². The van der Waals surface area contributed by atoms with E-state index in [-0.39, 0.29) is 5.91 Å². The Bertz CT molecular complexity index is 863. The molecule has 1 N–H and O–H groups in total. The van der Waals surface area contributed by atoms with Crippen molar-refractivity contribution in [2.45, 2.75) is 0 Å². The Hall–Kier alpha value is -3.26. The highest BCUT2D eigenvalue weighted by molar-refractivity contribution is 6.35. The second-order valence-electron chi connectivity index (χ2n) is 4.99. The zero-order valence-corrected chi connectivity index (χ0v) is 12.7. The van der Waals surface area contributed by atoms with E-state index in [2.05, 4.69) is 11.4 Å². The summed E-state index contributed by atoms with van der Waals surface area (Å²) in [5, 5.41) is 11.8. The Labute approximate surface area is 133 Å². The monoisotopic (exact) mass is 306 g/mol. The molecule has 1 aliphatic heterocycles. The molecule has 1 amide bonds. The van der Waals surface area contributed by atoms with Crippen molar-refractivity contribution >= 4 is 23.2 Å². The van der Waals surface area contributed by atoms with Gasteiger partial charge in [-0.15, -0.1) is 0 Å². The third kappa shape index (κ3) is 2.62. The largest absolute Gasteiger partial charge is 0.497 e. The fraction of sp³-hybridized carbons (Fsp3) is 0.111. The lowest BCUT2D eigenvalue weighted by Gasteiger charge is -2.08. The fourth-order valence-corrected chi connectivity index (χ4v) is 2.51. The van der Waals surface area contributed by atoms with Crippen LogP contribution in [-0.4, -0.2) is 20.1 Å². The number of nitriles is 1. The summed E-state index contributed by atoms with van der Waals surface area (Å²) < 4.78 is 10.6. The van der Waals surface area contributed by atoms with Crippen molar-refractivity contribution in [2.75, 3.05) is 19.5 Å². The van der Waals surface area contributed by atoms with Crippen molar-refractivity contribution in [3.05, 3.63) is 53.1 Å². The summed E-state index contributed by atoms with van der Waals surface area (Å²) in [7, 11) is 3.15. The van der Waals surface area contributed by atoms with Gasteiger partial charge in [-0.2, -0.15) is 5.26 Å². The molecule has 0 fully saturated rings. The number of carbonyl (C=O) groups excluding carboxylic acids is 1. The Morgan fingerprint density at radius 3 is 2.65 bits per heavy atom. The number of anilines is 1. The number of hydrogen-bond donors (Lipinski definition) is 1. The van der Waals surface area contributed by atoms with Gasteiger partial charge in [0.25, 0.3) is 5.91 Å². The molecule has 114 valence electrons. The summed E-state index contributed by atoms with van der Waals surface area (Å²) in [6, 6.07) is 12.6.